The van der Waals surface area contributed by atoms with Crippen LogP contribution in [-0.4, -0.2) is 17.4 Å². The molecule has 0 radical (unpaired) electrons. The second-order valence-corrected chi connectivity index (χ2v) is 6.81. The van der Waals surface area contributed by atoms with Gasteiger partial charge < -0.3 is 5.11 Å². The molecule has 90 valence electrons. The van der Waals surface area contributed by atoms with Crippen molar-refractivity contribution in [2.24, 2.45) is 17.3 Å². The van der Waals surface area contributed by atoms with Gasteiger partial charge in [0.2, 0.25) is 0 Å². The smallest absolute Gasteiger partial charge is 0.0571 e. The summed E-state index contributed by atoms with van der Waals surface area (Å²) in [6, 6.07) is 0. The summed E-state index contributed by atoms with van der Waals surface area (Å²) < 4.78 is 0. The molecule has 1 saturated carbocycles. The molecular formula is C13H27OP. The summed E-state index contributed by atoms with van der Waals surface area (Å²) in [5.41, 5.74) is 0.465. The summed E-state index contributed by atoms with van der Waals surface area (Å²) >= 11 is 0. The molecule has 0 spiro atoms. The van der Waals surface area contributed by atoms with Crippen molar-refractivity contribution in [1.82, 2.24) is 0 Å². The molecule has 4 unspecified atom stereocenters. The molecule has 0 aromatic rings. The van der Waals surface area contributed by atoms with Gasteiger partial charge in [0.25, 0.3) is 0 Å². The zero-order valence-electron chi connectivity index (χ0n) is 10.5. The zero-order valence-corrected chi connectivity index (χ0v) is 11.7. The summed E-state index contributed by atoms with van der Waals surface area (Å²) in [6.07, 6.45) is 7.18. The molecule has 0 bridgehead atoms. The fraction of sp³-hybridized carbons (Fsp3) is 1.00. The second-order valence-electron chi connectivity index (χ2n) is 6.34. The van der Waals surface area contributed by atoms with Crippen LogP contribution < -0.4 is 0 Å². The highest BCUT2D eigenvalue weighted by Gasteiger charge is 2.28. The molecule has 1 fully saturated rings. The molecule has 1 rings (SSSR count). The predicted molar refractivity (Wildman–Crippen MR) is 70.1 cm³/mol. The van der Waals surface area contributed by atoms with Crippen LogP contribution in [0.5, 0.6) is 0 Å². The van der Waals surface area contributed by atoms with Crippen LogP contribution in [0.3, 0.4) is 0 Å². The summed E-state index contributed by atoms with van der Waals surface area (Å²) in [5, 5.41) is 9.80. The Balaban J connectivity index is 2.32. The van der Waals surface area contributed by atoms with Crippen molar-refractivity contribution in [3.63, 3.8) is 0 Å². The monoisotopic (exact) mass is 230 g/mol. The van der Waals surface area contributed by atoms with E-state index in [1.165, 1.54) is 25.7 Å². The van der Waals surface area contributed by atoms with Crippen LogP contribution in [0, 0.1) is 17.3 Å². The summed E-state index contributed by atoms with van der Waals surface area (Å²) in [5.74, 6) is 1.40. The van der Waals surface area contributed by atoms with Gasteiger partial charge in [-0.25, -0.2) is 0 Å². The molecule has 1 aliphatic carbocycles. The van der Waals surface area contributed by atoms with Gasteiger partial charge in [0.15, 0.2) is 0 Å². The van der Waals surface area contributed by atoms with Crippen molar-refractivity contribution < 1.29 is 5.11 Å². The Bertz CT molecular complexity index is 185. The number of hydrogen-bond acceptors (Lipinski definition) is 1. The third-order valence-electron chi connectivity index (χ3n) is 3.66. The van der Waals surface area contributed by atoms with E-state index in [9.17, 15) is 5.11 Å². The maximum atomic E-state index is 9.80. The van der Waals surface area contributed by atoms with Gasteiger partial charge in [0.1, 0.15) is 0 Å². The number of hydrogen-bond donors (Lipinski definition) is 1. The first-order chi connectivity index (χ1) is 6.92. The lowest BCUT2D eigenvalue weighted by Gasteiger charge is -2.34. The molecule has 0 heterocycles. The highest BCUT2D eigenvalue weighted by molar-refractivity contribution is 7.16. The summed E-state index contributed by atoms with van der Waals surface area (Å²) in [7, 11) is 2.79. The molecular weight excluding hydrogens is 203 g/mol. The second kappa shape index (κ2) is 5.64. The van der Waals surface area contributed by atoms with E-state index in [2.05, 4.69) is 30.0 Å². The maximum Gasteiger partial charge on any atom is 0.0571 e. The van der Waals surface area contributed by atoms with Gasteiger partial charge in [-0.3, -0.25) is 0 Å². The fourth-order valence-corrected chi connectivity index (χ4v) is 3.00. The van der Waals surface area contributed by atoms with Crippen molar-refractivity contribution >= 4 is 9.24 Å². The highest BCUT2D eigenvalue weighted by atomic mass is 31.0. The van der Waals surface area contributed by atoms with E-state index in [4.69, 9.17) is 0 Å². The predicted octanol–water partition coefficient (Wildman–Crippen LogP) is 3.47. The van der Waals surface area contributed by atoms with Crippen LogP contribution in [0.15, 0.2) is 0 Å². The Hall–Kier alpha value is 0.390. The van der Waals surface area contributed by atoms with Crippen LogP contribution in [0.4, 0.5) is 0 Å². The SMILES string of the molecule is CC(C)(C)CCC1CCC(O)C(CP)C1. The van der Waals surface area contributed by atoms with Gasteiger partial charge in [-0.15, -0.1) is 9.24 Å². The van der Waals surface area contributed by atoms with Gasteiger partial charge >= 0.3 is 0 Å². The maximum absolute atomic E-state index is 9.80. The molecule has 0 amide bonds. The van der Waals surface area contributed by atoms with Crippen LogP contribution in [0.2, 0.25) is 0 Å². The first-order valence-corrected chi connectivity index (χ1v) is 7.12. The minimum atomic E-state index is -0.0339. The van der Waals surface area contributed by atoms with E-state index in [0.29, 0.717) is 11.3 Å². The largest absolute Gasteiger partial charge is 0.393 e. The Morgan fingerprint density at radius 1 is 1.27 bits per heavy atom. The zero-order chi connectivity index (χ0) is 11.5. The van der Waals surface area contributed by atoms with Gasteiger partial charge in [-0.1, -0.05) is 20.8 Å². The van der Waals surface area contributed by atoms with Crippen LogP contribution in [0.25, 0.3) is 0 Å². The molecule has 2 heteroatoms. The molecule has 1 N–H and O–H groups in total. The molecule has 1 aliphatic rings. The summed E-state index contributed by atoms with van der Waals surface area (Å²) in [6.45, 7) is 6.95. The van der Waals surface area contributed by atoms with Crippen molar-refractivity contribution in [1.29, 1.82) is 0 Å². The van der Waals surface area contributed by atoms with Crippen LogP contribution in [0.1, 0.15) is 52.9 Å². The Kier molecular flexibility index (Phi) is 5.06. The van der Waals surface area contributed by atoms with Crippen LogP contribution in [-0.2, 0) is 0 Å². The molecule has 15 heavy (non-hydrogen) atoms. The van der Waals surface area contributed by atoms with Gasteiger partial charge in [0, 0.05) is 0 Å². The lowest BCUT2D eigenvalue weighted by molar-refractivity contribution is 0.0550. The standard InChI is InChI=1S/C13H27OP/c1-13(2,3)7-6-10-4-5-12(14)11(8-10)9-15/h10-12,14H,4-9,15H2,1-3H3. The molecule has 0 aromatic carbocycles. The lowest BCUT2D eigenvalue weighted by Crippen LogP contribution is -2.30. The number of aliphatic hydroxyl groups excluding tert-OH is 1. The normalized spacial score (nSPS) is 33.0. The van der Waals surface area contributed by atoms with E-state index in [-0.39, 0.29) is 6.10 Å². The third-order valence-corrected chi connectivity index (χ3v) is 4.26. The van der Waals surface area contributed by atoms with Gasteiger partial charge in [0.05, 0.1) is 6.10 Å². The highest BCUT2D eigenvalue weighted by Crippen LogP contribution is 2.35. The Labute approximate surface area is 97.2 Å². The Morgan fingerprint density at radius 3 is 2.47 bits per heavy atom. The summed E-state index contributed by atoms with van der Waals surface area (Å²) in [4.78, 5) is 0. The van der Waals surface area contributed by atoms with E-state index in [1.54, 1.807) is 0 Å². The van der Waals surface area contributed by atoms with E-state index >= 15 is 0 Å². The fourth-order valence-electron chi connectivity index (χ4n) is 2.50. The molecule has 1 nitrogen and oxygen atoms in total. The quantitative estimate of drug-likeness (QED) is 0.736. The van der Waals surface area contributed by atoms with Gasteiger partial charge in [-0.05, 0) is 55.5 Å². The third kappa shape index (κ3) is 4.83. The first kappa shape index (κ1) is 13.5. The Morgan fingerprint density at radius 2 is 1.93 bits per heavy atom. The first-order valence-electron chi connectivity index (χ1n) is 6.30. The van der Waals surface area contributed by atoms with Crippen molar-refractivity contribution in [3.05, 3.63) is 0 Å². The number of aliphatic hydroxyl groups is 1. The number of rotatable bonds is 3. The van der Waals surface area contributed by atoms with Crippen molar-refractivity contribution in [2.75, 3.05) is 6.16 Å². The topological polar surface area (TPSA) is 20.2 Å². The molecule has 0 aromatic heterocycles. The minimum absolute atomic E-state index is 0.0339. The van der Waals surface area contributed by atoms with E-state index in [1.807, 2.05) is 0 Å². The van der Waals surface area contributed by atoms with Gasteiger partial charge in [-0.2, -0.15) is 0 Å². The average Bonchev–Trinajstić information content (AvgIpc) is 2.15. The molecule has 0 aliphatic heterocycles. The average molecular weight is 230 g/mol. The van der Waals surface area contributed by atoms with Crippen LogP contribution >= 0.6 is 9.24 Å². The van der Waals surface area contributed by atoms with E-state index < -0.39 is 0 Å². The minimum Gasteiger partial charge on any atom is -0.393 e. The lowest BCUT2D eigenvalue weighted by atomic mass is 9.76. The van der Waals surface area contributed by atoms with Crippen molar-refractivity contribution in [3.8, 4) is 0 Å². The molecule has 4 atom stereocenters. The van der Waals surface area contributed by atoms with Crippen molar-refractivity contribution in [2.45, 2.75) is 59.0 Å². The molecule has 0 saturated heterocycles. The van der Waals surface area contributed by atoms with E-state index in [0.717, 1.165) is 18.5 Å².